The summed E-state index contributed by atoms with van der Waals surface area (Å²) in [6.45, 7) is 2.32. The second kappa shape index (κ2) is 8.75. The Morgan fingerprint density at radius 2 is 1.86 bits per heavy atom. The number of rotatable bonds is 8. The summed E-state index contributed by atoms with van der Waals surface area (Å²) in [6.07, 6.45) is 8.35. The quantitative estimate of drug-likeness (QED) is 0.533. The van der Waals surface area contributed by atoms with Gasteiger partial charge >= 0.3 is 0 Å². The lowest BCUT2D eigenvalue weighted by Crippen LogP contribution is -1.80. The number of aliphatic hydroxyl groups is 1. The van der Waals surface area contributed by atoms with Crippen molar-refractivity contribution in [1.82, 2.24) is 0 Å². The molecule has 2 aromatic rings. The van der Waals surface area contributed by atoms with Crippen molar-refractivity contribution in [3.63, 3.8) is 0 Å². The lowest BCUT2D eigenvalue weighted by molar-refractivity contribution is 0.282. The number of hydrogen-bond acceptors (Lipinski definition) is 3. The molecule has 1 heterocycles. The molecule has 112 valence electrons. The van der Waals surface area contributed by atoms with Gasteiger partial charge in [-0.25, -0.2) is 0 Å². The molecule has 2 nitrogen and oxygen atoms in total. The molecule has 0 aliphatic heterocycles. The molecular weight excluding hydrogens is 278 g/mol. The van der Waals surface area contributed by atoms with E-state index in [2.05, 4.69) is 24.0 Å². The lowest BCUT2D eigenvalue weighted by Gasteiger charge is -1.97. The van der Waals surface area contributed by atoms with Crippen LogP contribution in [0, 0.1) is 0 Å². The lowest BCUT2D eigenvalue weighted by atomic mass is 10.1. The van der Waals surface area contributed by atoms with Gasteiger partial charge in [0.15, 0.2) is 0 Å². The summed E-state index contributed by atoms with van der Waals surface area (Å²) in [5, 5.41) is 9.01. The van der Waals surface area contributed by atoms with Crippen molar-refractivity contribution in [2.45, 2.75) is 45.6 Å². The molecule has 0 amide bonds. The van der Waals surface area contributed by atoms with Gasteiger partial charge in [0.05, 0.1) is 12.3 Å². The number of aliphatic hydroxyl groups excluding tert-OH is 1. The number of nitrogens with zero attached hydrogens (tertiary/aromatic N) is 1. The Balaban J connectivity index is 1.87. The van der Waals surface area contributed by atoms with E-state index in [-0.39, 0.29) is 6.61 Å². The summed E-state index contributed by atoms with van der Waals surface area (Å²) in [6, 6.07) is 12.0. The number of thiophene rings is 1. The third-order valence-electron chi connectivity index (χ3n) is 3.42. The summed E-state index contributed by atoms with van der Waals surface area (Å²) in [5.41, 5.74) is 1.84. The third kappa shape index (κ3) is 5.44. The van der Waals surface area contributed by atoms with E-state index in [0.717, 1.165) is 11.3 Å². The first-order chi connectivity index (χ1) is 10.3. The van der Waals surface area contributed by atoms with E-state index >= 15 is 0 Å². The average Bonchev–Trinajstić information content (AvgIpc) is 2.98. The van der Waals surface area contributed by atoms with Crippen molar-refractivity contribution in [2.75, 3.05) is 0 Å². The molecule has 0 aliphatic rings. The molecule has 1 aromatic carbocycles. The smallest absolute Gasteiger partial charge is 0.0681 e. The Labute approximate surface area is 131 Å². The fourth-order valence-corrected chi connectivity index (χ4v) is 3.08. The molecule has 0 spiro atoms. The number of aryl methyl sites for hydroxylation is 1. The van der Waals surface area contributed by atoms with E-state index in [1.807, 2.05) is 41.8 Å². The molecule has 0 saturated carbocycles. The van der Waals surface area contributed by atoms with Gasteiger partial charge in [-0.3, -0.25) is 4.99 Å². The standard InChI is InChI=1S/C18H23NOS/c1-2-3-4-5-6-17-11-12-18(21-17)13-19-16-9-7-15(14-20)8-10-16/h7-13,20H,2-6,14H2,1H3. The van der Waals surface area contributed by atoms with Gasteiger partial charge in [0, 0.05) is 16.0 Å². The highest BCUT2D eigenvalue weighted by atomic mass is 32.1. The SMILES string of the molecule is CCCCCCc1ccc(C=Nc2ccc(CO)cc2)s1. The summed E-state index contributed by atoms with van der Waals surface area (Å²) in [7, 11) is 0. The Kier molecular flexibility index (Phi) is 6.64. The Hall–Kier alpha value is -1.45. The van der Waals surface area contributed by atoms with Gasteiger partial charge < -0.3 is 5.11 Å². The zero-order valence-corrected chi connectivity index (χ0v) is 13.4. The Morgan fingerprint density at radius 3 is 2.57 bits per heavy atom. The normalized spacial score (nSPS) is 11.3. The molecule has 21 heavy (non-hydrogen) atoms. The number of unbranched alkanes of at least 4 members (excludes halogenated alkanes) is 3. The van der Waals surface area contributed by atoms with E-state index in [1.54, 1.807) is 0 Å². The molecular formula is C18H23NOS. The zero-order valence-electron chi connectivity index (χ0n) is 12.6. The van der Waals surface area contributed by atoms with Gasteiger partial charge in [-0.15, -0.1) is 11.3 Å². The van der Waals surface area contributed by atoms with Crippen molar-refractivity contribution in [3.8, 4) is 0 Å². The van der Waals surface area contributed by atoms with Crippen molar-refractivity contribution < 1.29 is 5.11 Å². The number of aliphatic imine (C=N–C) groups is 1. The van der Waals surface area contributed by atoms with Gasteiger partial charge in [0.25, 0.3) is 0 Å². The molecule has 0 bridgehead atoms. The van der Waals surface area contributed by atoms with E-state index in [4.69, 9.17) is 5.11 Å². The second-order valence-electron chi connectivity index (χ2n) is 5.20. The second-order valence-corrected chi connectivity index (χ2v) is 6.40. The first-order valence-electron chi connectivity index (χ1n) is 7.64. The Bertz CT molecular complexity index is 557. The molecule has 0 fully saturated rings. The van der Waals surface area contributed by atoms with Gasteiger partial charge in [0.1, 0.15) is 0 Å². The number of hydrogen-bond donors (Lipinski definition) is 1. The monoisotopic (exact) mass is 301 g/mol. The fourth-order valence-electron chi connectivity index (χ4n) is 2.15. The van der Waals surface area contributed by atoms with E-state index < -0.39 is 0 Å². The van der Waals surface area contributed by atoms with Gasteiger partial charge in [0.2, 0.25) is 0 Å². The van der Waals surface area contributed by atoms with E-state index in [9.17, 15) is 0 Å². The minimum atomic E-state index is 0.0797. The maximum atomic E-state index is 9.01. The van der Waals surface area contributed by atoms with Crippen LogP contribution in [-0.2, 0) is 13.0 Å². The highest BCUT2D eigenvalue weighted by Crippen LogP contribution is 2.19. The van der Waals surface area contributed by atoms with Crippen LogP contribution in [0.4, 0.5) is 5.69 Å². The highest BCUT2D eigenvalue weighted by Gasteiger charge is 1.98. The van der Waals surface area contributed by atoms with Gasteiger partial charge in [-0.05, 0) is 42.7 Å². The topological polar surface area (TPSA) is 32.6 Å². The maximum Gasteiger partial charge on any atom is 0.0681 e. The fraction of sp³-hybridized carbons (Fsp3) is 0.389. The largest absolute Gasteiger partial charge is 0.392 e. The van der Waals surface area contributed by atoms with Crippen molar-refractivity contribution in [3.05, 3.63) is 51.7 Å². The van der Waals surface area contributed by atoms with E-state index in [0.29, 0.717) is 0 Å². The number of benzene rings is 1. The van der Waals surface area contributed by atoms with Crippen LogP contribution in [0.3, 0.4) is 0 Å². The molecule has 3 heteroatoms. The van der Waals surface area contributed by atoms with Crippen LogP contribution in [0.2, 0.25) is 0 Å². The molecule has 0 unspecified atom stereocenters. The third-order valence-corrected chi connectivity index (χ3v) is 4.50. The predicted octanol–water partition coefficient (Wildman–Crippen LogP) is 5.11. The zero-order chi connectivity index (χ0) is 14.9. The maximum absolute atomic E-state index is 9.01. The molecule has 0 aliphatic carbocycles. The molecule has 0 radical (unpaired) electrons. The first kappa shape index (κ1) is 15.9. The van der Waals surface area contributed by atoms with Crippen molar-refractivity contribution >= 4 is 23.2 Å². The minimum Gasteiger partial charge on any atom is -0.392 e. The van der Waals surface area contributed by atoms with Gasteiger partial charge in [-0.2, -0.15) is 0 Å². The first-order valence-corrected chi connectivity index (χ1v) is 8.46. The summed E-state index contributed by atoms with van der Waals surface area (Å²) in [4.78, 5) is 7.13. The van der Waals surface area contributed by atoms with Crippen LogP contribution < -0.4 is 0 Å². The summed E-state index contributed by atoms with van der Waals surface area (Å²) in [5.74, 6) is 0. The molecule has 2 rings (SSSR count). The predicted molar refractivity (Wildman–Crippen MR) is 91.8 cm³/mol. The van der Waals surface area contributed by atoms with Crippen LogP contribution in [0.5, 0.6) is 0 Å². The van der Waals surface area contributed by atoms with Crippen LogP contribution >= 0.6 is 11.3 Å². The Morgan fingerprint density at radius 1 is 1.05 bits per heavy atom. The van der Waals surface area contributed by atoms with Crippen molar-refractivity contribution in [1.29, 1.82) is 0 Å². The van der Waals surface area contributed by atoms with Crippen LogP contribution in [-0.4, -0.2) is 11.3 Å². The average molecular weight is 301 g/mol. The van der Waals surface area contributed by atoms with Crippen LogP contribution in [0.15, 0.2) is 41.4 Å². The van der Waals surface area contributed by atoms with Crippen LogP contribution in [0.25, 0.3) is 0 Å². The minimum absolute atomic E-state index is 0.0797. The van der Waals surface area contributed by atoms with Gasteiger partial charge in [-0.1, -0.05) is 38.3 Å². The summed E-state index contributed by atoms with van der Waals surface area (Å²) < 4.78 is 0. The molecule has 0 atom stereocenters. The van der Waals surface area contributed by atoms with E-state index in [1.165, 1.54) is 41.9 Å². The van der Waals surface area contributed by atoms with Crippen LogP contribution in [0.1, 0.15) is 47.9 Å². The molecule has 1 N–H and O–H groups in total. The van der Waals surface area contributed by atoms with Crippen molar-refractivity contribution in [2.24, 2.45) is 4.99 Å². The highest BCUT2D eigenvalue weighted by molar-refractivity contribution is 7.13. The molecule has 1 aromatic heterocycles. The molecule has 0 saturated heterocycles. The summed E-state index contributed by atoms with van der Waals surface area (Å²) >= 11 is 1.83.